The van der Waals surface area contributed by atoms with E-state index in [0.29, 0.717) is 18.7 Å². The van der Waals surface area contributed by atoms with Crippen molar-refractivity contribution in [2.45, 2.75) is 18.8 Å². The number of likely N-dealkylation sites (N-methyl/N-ethyl adjacent to an activating group) is 1. The molecule has 2 rings (SSSR count). The number of halogens is 3. The Kier molecular flexibility index (Phi) is 5.26. The Morgan fingerprint density at radius 3 is 2.55 bits per heavy atom. The first-order valence-electron chi connectivity index (χ1n) is 6.94. The molecule has 1 unspecified atom stereocenters. The summed E-state index contributed by atoms with van der Waals surface area (Å²) in [5.41, 5.74) is -0.0197. The maximum atomic E-state index is 12.7. The van der Waals surface area contributed by atoms with Gasteiger partial charge < -0.3 is 9.73 Å². The zero-order chi connectivity index (χ0) is 16.2. The number of hydrogen-bond donors (Lipinski definition) is 1. The monoisotopic (exact) mass is 312 g/mol. The van der Waals surface area contributed by atoms with Gasteiger partial charge in [-0.2, -0.15) is 13.2 Å². The van der Waals surface area contributed by atoms with Crippen LogP contribution in [-0.2, 0) is 12.7 Å². The summed E-state index contributed by atoms with van der Waals surface area (Å²) in [6.07, 6.45) is -2.70. The Morgan fingerprint density at radius 1 is 1.18 bits per heavy atom. The van der Waals surface area contributed by atoms with E-state index in [0.717, 1.165) is 11.8 Å². The molecule has 0 aliphatic rings. The minimum Gasteiger partial charge on any atom is -0.468 e. The molecule has 0 saturated carbocycles. The largest absolute Gasteiger partial charge is 0.468 e. The van der Waals surface area contributed by atoms with Gasteiger partial charge in [-0.05, 0) is 37.9 Å². The third kappa shape index (κ3) is 4.35. The molecule has 0 spiro atoms. The lowest BCUT2D eigenvalue weighted by molar-refractivity contribution is -0.137. The van der Waals surface area contributed by atoms with Gasteiger partial charge in [0, 0.05) is 13.1 Å². The molecule has 0 radical (unpaired) electrons. The van der Waals surface area contributed by atoms with Crippen LogP contribution < -0.4 is 5.32 Å². The van der Waals surface area contributed by atoms with Crippen molar-refractivity contribution in [2.75, 3.05) is 20.6 Å². The predicted molar refractivity (Wildman–Crippen MR) is 78.3 cm³/mol. The number of alkyl halides is 3. The molecule has 0 saturated heterocycles. The van der Waals surface area contributed by atoms with E-state index in [1.165, 1.54) is 12.1 Å². The minimum atomic E-state index is -4.31. The summed E-state index contributed by atoms with van der Waals surface area (Å²) in [5.74, 6) is 0.821. The molecular weight excluding hydrogens is 293 g/mol. The normalized spacial score (nSPS) is 13.5. The van der Waals surface area contributed by atoms with Crippen LogP contribution in [0.25, 0.3) is 0 Å². The zero-order valence-corrected chi connectivity index (χ0v) is 12.5. The van der Waals surface area contributed by atoms with Crippen LogP contribution in [0.3, 0.4) is 0 Å². The van der Waals surface area contributed by atoms with Crippen molar-refractivity contribution in [3.8, 4) is 0 Å². The van der Waals surface area contributed by atoms with Gasteiger partial charge in [0.2, 0.25) is 0 Å². The van der Waals surface area contributed by atoms with E-state index < -0.39 is 11.7 Å². The molecule has 2 aromatic rings. The highest BCUT2D eigenvalue weighted by atomic mass is 19.4. The van der Waals surface area contributed by atoms with Gasteiger partial charge in [0.1, 0.15) is 5.76 Å². The summed E-state index contributed by atoms with van der Waals surface area (Å²) >= 11 is 0. The molecule has 1 heterocycles. The number of benzene rings is 1. The first kappa shape index (κ1) is 16.6. The average molecular weight is 312 g/mol. The summed E-state index contributed by atoms with van der Waals surface area (Å²) in [6.45, 7) is 0.950. The molecule has 22 heavy (non-hydrogen) atoms. The molecule has 1 atom stereocenters. The first-order valence-corrected chi connectivity index (χ1v) is 6.94. The maximum absolute atomic E-state index is 12.7. The van der Waals surface area contributed by atoms with Gasteiger partial charge in [0.05, 0.1) is 17.9 Å². The Labute approximate surface area is 127 Å². The Bertz CT molecular complexity index is 579. The van der Waals surface area contributed by atoms with E-state index >= 15 is 0 Å². The van der Waals surface area contributed by atoms with Crippen LogP contribution in [0.4, 0.5) is 13.2 Å². The van der Waals surface area contributed by atoms with Gasteiger partial charge in [-0.15, -0.1) is 0 Å². The summed E-state index contributed by atoms with van der Waals surface area (Å²) in [5, 5.41) is 3.18. The van der Waals surface area contributed by atoms with Gasteiger partial charge in [0.25, 0.3) is 0 Å². The molecule has 0 fully saturated rings. The topological polar surface area (TPSA) is 28.4 Å². The predicted octanol–water partition coefficient (Wildman–Crippen LogP) is 3.69. The first-order chi connectivity index (χ1) is 10.4. The molecule has 0 amide bonds. The molecule has 1 aromatic heterocycles. The fourth-order valence-electron chi connectivity index (χ4n) is 2.23. The highest BCUT2D eigenvalue weighted by molar-refractivity contribution is 5.25. The molecule has 0 aliphatic heterocycles. The Morgan fingerprint density at radius 2 is 1.95 bits per heavy atom. The summed E-state index contributed by atoms with van der Waals surface area (Å²) in [4.78, 5) is 2.00. The quantitative estimate of drug-likeness (QED) is 0.882. The number of hydrogen-bond acceptors (Lipinski definition) is 3. The summed E-state index contributed by atoms with van der Waals surface area (Å²) < 4.78 is 43.4. The SMILES string of the molecule is CN(C)C(CNCc1cccc(C(F)(F)F)c1)c1ccco1. The zero-order valence-electron chi connectivity index (χ0n) is 12.5. The van der Waals surface area contributed by atoms with E-state index in [-0.39, 0.29) is 6.04 Å². The Balaban J connectivity index is 1.95. The number of nitrogens with zero attached hydrogens (tertiary/aromatic N) is 1. The van der Waals surface area contributed by atoms with Crippen LogP contribution in [0, 0.1) is 0 Å². The van der Waals surface area contributed by atoms with Crippen molar-refractivity contribution in [1.29, 1.82) is 0 Å². The maximum Gasteiger partial charge on any atom is 0.416 e. The minimum absolute atomic E-state index is 0.0285. The van der Waals surface area contributed by atoms with E-state index in [1.807, 2.05) is 31.1 Å². The van der Waals surface area contributed by atoms with E-state index in [9.17, 15) is 13.2 Å². The lowest BCUT2D eigenvalue weighted by Gasteiger charge is -2.22. The van der Waals surface area contributed by atoms with Crippen LogP contribution in [0.5, 0.6) is 0 Å². The molecule has 1 aromatic carbocycles. The summed E-state index contributed by atoms with van der Waals surface area (Å²) in [6, 6.07) is 9.09. The number of furan rings is 1. The molecule has 6 heteroatoms. The van der Waals surface area contributed by atoms with Gasteiger partial charge in [-0.3, -0.25) is 4.90 Å². The number of rotatable bonds is 6. The molecule has 3 nitrogen and oxygen atoms in total. The van der Waals surface area contributed by atoms with Crippen molar-refractivity contribution >= 4 is 0 Å². The molecular formula is C16H19F3N2O. The van der Waals surface area contributed by atoms with Crippen LogP contribution in [0.2, 0.25) is 0 Å². The van der Waals surface area contributed by atoms with E-state index in [2.05, 4.69) is 5.32 Å². The van der Waals surface area contributed by atoms with Gasteiger partial charge in [-0.1, -0.05) is 18.2 Å². The molecule has 0 aliphatic carbocycles. The number of nitrogens with one attached hydrogen (secondary N) is 1. The van der Waals surface area contributed by atoms with Crippen molar-refractivity contribution in [1.82, 2.24) is 10.2 Å². The third-order valence-corrected chi connectivity index (χ3v) is 3.42. The Hall–Kier alpha value is -1.79. The second kappa shape index (κ2) is 6.98. The summed E-state index contributed by atoms with van der Waals surface area (Å²) in [7, 11) is 3.86. The van der Waals surface area contributed by atoms with Crippen LogP contribution in [0.15, 0.2) is 47.1 Å². The van der Waals surface area contributed by atoms with Crippen molar-refractivity contribution in [3.05, 3.63) is 59.5 Å². The smallest absolute Gasteiger partial charge is 0.416 e. The van der Waals surface area contributed by atoms with Crippen LogP contribution in [-0.4, -0.2) is 25.5 Å². The van der Waals surface area contributed by atoms with Crippen molar-refractivity contribution in [2.24, 2.45) is 0 Å². The fraction of sp³-hybridized carbons (Fsp3) is 0.375. The third-order valence-electron chi connectivity index (χ3n) is 3.42. The average Bonchev–Trinajstić information content (AvgIpc) is 2.96. The lowest BCUT2D eigenvalue weighted by Crippen LogP contribution is -2.30. The lowest BCUT2D eigenvalue weighted by atomic mass is 10.1. The van der Waals surface area contributed by atoms with Crippen molar-refractivity contribution < 1.29 is 17.6 Å². The standard InChI is InChI=1S/C16H19F3N2O/c1-21(2)14(15-7-4-8-22-15)11-20-10-12-5-3-6-13(9-12)16(17,18)19/h3-9,14,20H,10-11H2,1-2H3. The highest BCUT2D eigenvalue weighted by Gasteiger charge is 2.30. The van der Waals surface area contributed by atoms with Crippen LogP contribution >= 0.6 is 0 Å². The molecule has 1 N–H and O–H groups in total. The molecule has 0 bridgehead atoms. The van der Waals surface area contributed by atoms with E-state index in [1.54, 1.807) is 12.3 Å². The molecule has 120 valence electrons. The fourth-order valence-corrected chi connectivity index (χ4v) is 2.23. The van der Waals surface area contributed by atoms with E-state index in [4.69, 9.17) is 4.42 Å². The van der Waals surface area contributed by atoms with Crippen LogP contribution in [0.1, 0.15) is 22.9 Å². The second-order valence-corrected chi connectivity index (χ2v) is 5.32. The highest BCUT2D eigenvalue weighted by Crippen LogP contribution is 2.29. The van der Waals surface area contributed by atoms with Gasteiger partial charge in [0.15, 0.2) is 0 Å². The van der Waals surface area contributed by atoms with Crippen molar-refractivity contribution in [3.63, 3.8) is 0 Å². The van der Waals surface area contributed by atoms with Gasteiger partial charge in [-0.25, -0.2) is 0 Å². The van der Waals surface area contributed by atoms with Gasteiger partial charge >= 0.3 is 6.18 Å². The second-order valence-electron chi connectivity index (χ2n) is 5.32.